The molecule has 0 N–H and O–H groups in total. The quantitative estimate of drug-likeness (QED) is 0.262. The highest BCUT2D eigenvalue weighted by Gasteiger charge is 2.07. The summed E-state index contributed by atoms with van der Waals surface area (Å²) in [5, 5.41) is 10.5. The molecule has 0 saturated heterocycles. The third kappa shape index (κ3) is 4.06. The first kappa shape index (κ1) is 13.4. The molecule has 0 saturated carbocycles. The van der Waals surface area contributed by atoms with Gasteiger partial charge >= 0.3 is 5.97 Å². The first-order chi connectivity index (χ1) is 8.52. The fourth-order valence-corrected chi connectivity index (χ4v) is 1.09. The standard InChI is InChI=1S/C12H9NO5/c1-18-12(15)8-11(14)6-5-9-3-2-4-10(7-9)13(16)17/h2-4,7H,8H2,1H3. The van der Waals surface area contributed by atoms with Crippen molar-refractivity contribution in [1.29, 1.82) is 0 Å². The van der Waals surface area contributed by atoms with Gasteiger partial charge in [0.2, 0.25) is 5.78 Å². The Morgan fingerprint density at radius 3 is 2.78 bits per heavy atom. The van der Waals surface area contributed by atoms with Crippen molar-refractivity contribution in [3.05, 3.63) is 39.9 Å². The topological polar surface area (TPSA) is 86.5 Å². The summed E-state index contributed by atoms with van der Waals surface area (Å²) in [4.78, 5) is 31.9. The highest BCUT2D eigenvalue weighted by molar-refractivity contribution is 6.05. The van der Waals surface area contributed by atoms with Crippen molar-refractivity contribution in [3.63, 3.8) is 0 Å². The lowest BCUT2D eigenvalue weighted by Gasteiger charge is -1.93. The van der Waals surface area contributed by atoms with E-state index in [2.05, 4.69) is 16.6 Å². The Bertz CT molecular complexity index is 553. The van der Waals surface area contributed by atoms with Crippen molar-refractivity contribution in [2.24, 2.45) is 0 Å². The van der Waals surface area contributed by atoms with Crippen molar-refractivity contribution in [1.82, 2.24) is 0 Å². The van der Waals surface area contributed by atoms with E-state index < -0.39 is 23.1 Å². The number of hydrogen-bond acceptors (Lipinski definition) is 5. The van der Waals surface area contributed by atoms with Gasteiger partial charge in [0.1, 0.15) is 6.42 Å². The van der Waals surface area contributed by atoms with Crippen molar-refractivity contribution in [2.45, 2.75) is 6.42 Å². The lowest BCUT2D eigenvalue weighted by atomic mass is 10.2. The van der Waals surface area contributed by atoms with Gasteiger partial charge in [-0.25, -0.2) is 0 Å². The zero-order valence-electron chi connectivity index (χ0n) is 9.50. The minimum atomic E-state index is -0.673. The van der Waals surface area contributed by atoms with E-state index in [1.165, 1.54) is 31.4 Å². The number of Topliss-reactive ketones (excluding diaryl/α,β-unsaturated/α-hetero) is 1. The van der Waals surface area contributed by atoms with Crippen LogP contribution in [-0.4, -0.2) is 23.8 Å². The number of hydrogen-bond donors (Lipinski definition) is 0. The summed E-state index contributed by atoms with van der Waals surface area (Å²) in [5.74, 6) is 3.40. The molecule has 0 heterocycles. The van der Waals surface area contributed by atoms with Gasteiger partial charge in [-0.3, -0.25) is 19.7 Å². The molecule has 0 aromatic heterocycles. The molecular weight excluding hydrogens is 238 g/mol. The number of ether oxygens (including phenoxy) is 1. The molecule has 0 bridgehead atoms. The predicted octanol–water partition coefficient (Wildman–Crippen LogP) is 1.08. The van der Waals surface area contributed by atoms with E-state index >= 15 is 0 Å². The molecule has 0 aliphatic heterocycles. The number of rotatable bonds is 3. The number of non-ortho nitro benzene ring substituents is 1. The number of methoxy groups -OCH3 is 1. The second-order valence-electron chi connectivity index (χ2n) is 3.23. The van der Waals surface area contributed by atoms with Crippen LogP contribution in [0.4, 0.5) is 5.69 Å². The van der Waals surface area contributed by atoms with E-state index in [1.54, 1.807) is 0 Å². The van der Waals surface area contributed by atoms with Crippen LogP contribution in [0.2, 0.25) is 0 Å². The summed E-state index contributed by atoms with van der Waals surface area (Å²) in [6, 6.07) is 5.57. The molecule has 6 heteroatoms. The third-order valence-electron chi connectivity index (χ3n) is 1.94. The van der Waals surface area contributed by atoms with Gasteiger partial charge in [0, 0.05) is 17.7 Å². The van der Waals surface area contributed by atoms with Crippen LogP contribution in [0.1, 0.15) is 12.0 Å². The van der Waals surface area contributed by atoms with Crippen molar-refractivity contribution >= 4 is 17.4 Å². The van der Waals surface area contributed by atoms with Crippen LogP contribution in [-0.2, 0) is 14.3 Å². The third-order valence-corrected chi connectivity index (χ3v) is 1.94. The molecule has 0 aliphatic carbocycles. The average molecular weight is 247 g/mol. The van der Waals surface area contributed by atoms with E-state index in [-0.39, 0.29) is 5.69 Å². The van der Waals surface area contributed by atoms with Crippen LogP contribution in [0.25, 0.3) is 0 Å². The summed E-state index contributed by atoms with van der Waals surface area (Å²) in [5.41, 5.74) is 0.227. The number of esters is 1. The number of nitro groups is 1. The Morgan fingerprint density at radius 2 is 2.17 bits per heavy atom. The van der Waals surface area contributed by atoms with Gasteiger partial charge in [0.15, 0.2) is 0 Å². The summed E-state index contributed by atoms with van der Waals surface area (Å²) in [6.45, 7) is 0. The monoisotopic (exact) mass is 247 g/mol. The van der Waals surface area contributed by atoms with Gasteiger partial charge in [-0.15, -0.1) is 0 Å². The number of benzene rings is 1. The number of ketones is 1. The Hall–Kier alpha value is -2.68. The van der Waals surface area contributed by atoms with E-state index in [4.69, 9.17) is 0 Å². The zero-order valence-corrected chi connectivity index (χ0v) is 9.50. The van der Waals surface area contributed by atoms with Crippen molar-refractivity contribution in [2.75, 3.05) is 7.11 Å². The van der Waals surface area contributed by atoms with Crippen LogP contribution in [0.15, 0.2) is 24.3 Å². The first-order valence-electron chi connectivity index (χ1n) is 4.89. The van der Waals surface area contributed by atoms with Crippen molar-refractivity contribution in [3.8, 4) is 11.8 Å². The van der Waals surface area contributed by atoms with Crippen LogP contribution in [0, 0.1) is 22.0 Å². The van der Waals surface area contributed by atoms with Crippen molar-refractivity contribution < 1.29 is 19.2 Å². The number of carbonyl (C=O) groups excluding carboxylic acids is 2. The maximum atomic E-state index is 11.2. The first-order valence-corrected chi connectivity index (χ1v) is 4.89. The zero-order chi connectivity index (χ0) is 13.5. The molecule has 1 aromatic carbocycles. The van der Waals surface area contributed by atoms with Gasteiger partial charge < -0.3 is 4.74 Å². The van der Waals surface area contributed by atoms with Crippen LogP contribution in [0.3, 0.4) is 0 Å². The van der Waals surface area contributed by atoms with Crippen LogP contribution in [0.5, 0.6) is 0 Å². The number of nitrogens with zero attached hydrogens (tertiary/aromatic N) is 1. The summed E-state index contributed by atoms with van der Waals surface area (Å²) < 4.78 is 4.31. The van der Waals surface area contributed by atoms with Gasteiger partial charge in [0.25, 0.3) is 5.69 Å². The fraction of sp³-hybridized carbons (Fsp3) is 0.167. The minimum absolute atomic E-state index is 0.109. The van der Waals surface area contributed by atoms with Crippen LogP contribution < -0.4 is 0 Å². The molecule has 1 aromatic rings. The van der Waals surface area contributed by atoms with Gasteiger partial charge in [-0.2, -0.15) is 0 Å². The Morgan fingerprint density at radius 1 is 1.44 bits per heavy atom. The van der Waals surface area contributed by atoms with Gasteiger partial charge in [0.05, 0.1) is 12.0 Å². The molecule has 0 atom stereocenters. The molecule has 92 valence electrons. The van der Waals surface area contributed by atoms with E-state index in [0.717, 1.165) is 0 Å². The lowest BCUT2D eigenvalue weighted by Crippen LogP contribution is -2.07. The molecule has 0 unspecified atom stereocenters. The Balaban J connectivity index is 2.79. The maximum absolute atomic E-state index is 11.2. The smallest absolute Gasteiger partial charge is 0.314 e. The molecule has 0 spiro atoms. The van der Waals surface area contributed by atoms with E-state index in [9.17, 15) is 19.7 Å². The van der Waals surface area contributed by atoms with E-state index in [1.807, 2.05) is 0 Å². The second-order valence-corrected chi connectivity index (χ2v) is 3.23. The molecule has 1 rings (SSSR count). The number of nitro benzene ring substituents is 1. The van der Waals surface area contributed by atoms with Crippen LogP contribution >= 0.6 is 0 Å². The highest BCUT2D eigenvalue weighted by atomic mass is 16.6. The average Bonchev–Trinajstić information content (AvgIpc) is 2.36. The summed E-state index contributed by atoms with van der Waals surface area (Å²) in [6.07, 6.45) is -0.432. The van der Waals surface area contributed by atoms with Gasteiger partial charge in [-0.1, -0.05) is 12.0 Å². The van der Waals surface area contributed by atoms with Gasteiger partial charge in [-0.05, 0) is 12.0 Å². The minimum Gasteiger partial charge on any atom is -0.469 e. The molecule has 6 nitrogen and oxygen atoms in total. The molecule has 0 fully saturated rings. The molecular formula is C12H9NO5. The highest BCUT2D eigenvalue weighted by Crippen LogP contribution is 2.11. The molecule has 0 radical (unpaired) electrons. The summed E-state index contributed by atoms with van der Waals surface area (Å²) >= 11 is 0. The second kappa shape index (κ2) is 6.15. The predicted molar refractivity (Wildman–Crippen MR) is 61.6 cm³/mol. The Kier molecular flexibility index (Phi) is 4.58. The lowest BCUT2D eigenvalue weighted by molar-refractivity contribution is -0.384. The largest absolute Gasteiger partial charge is 0.469 e. The SMILES string of the molecule is COC(=O)CC(=O)C#Cc1cccc([N+](=O)[O-])c1. The molecule has 0 amide bonds. The normalized spacial score (nSPS) is 8.94. The Labute approximate surface area is 103 Å². The number of carbonyl (C=O) groups is 2. The molecule has 18 heavy (non-hydrogen) atoms. The fourth-order valence-electron chi connectivity index (χ4n) is 1.09. The van der Waals surface area contributed by atoms with E-state index in [0.29, 0.717) is 5.56 Å². The summed E-state index contributed by atoms with van der Waals surface area (Å²) in [7, 11) is 1.17. The molecule has 0 aliphatic rings. The maximum Gasteiger partial charge on any atom is 0.314 e.